The van der Waals surface area contributed by atoms with Crippen molar-refractivity contribution in [3.63, 3.8) is 0 Å². The van der Waals surface area contributed by atoms with Gasteiger partial charge in [0, 0.05) is 21.8 Å². The number of halogens is 2. The van der Waals surface area contributed by atoms with Crippen LogP contribution in [0.4, 0.5) is 5.95 Å². The molecule has 1 N–H and O–H groups in total. The molecule has 154 valence electrons. The standard InChI is InChI=1S/C24H18Br2N4O/c1-16(17-8-4-2-5-9-17)29-30-15-22(18-10-6-3-7-11-18)28-24(30)27-14-19-12-20(25)13-21(26)23(19)31/h2-15,31H,1H3. The fourth-order valence-electron chi connectivity index (χ4n) is 2.98. The summed E-state index contributed by atoms with van der Waals surface area (Å²) in [4.78, 5) is 9.20. The highest BCUT2D eigenvalue weighted by Gasteiger charge is 2.11. The SMILES string of the molecule is CC(=Nn1cc(-c2ccccc2)nc1N=Cc1cc(Br)cc(Br)c1O)c1ccccc1. The first-order valence-electron chi connectivity index (χ1n) is 9.49. The van der Waals surface area contributed by atoms with Crippen molar-refractivity contribution < 1.29 is 5.11 Å². The summed E-state index contributed by atoms with van der Waals surface area (Å²) in [6, 6.07) is 23.4. The topological polar surface area (TPSA) is 62.8 Å². The number of nitrogens with zero attached hydrogens (tertiary/aromatic N) is 4. The van der Waals surface area contributed by atoms with E-state index in [2.05, 4.69) is 41.8 Å². The Morgan fingerprint density at radius 3 is 2.39 bits per heavy atom. The van der Waals surface area contributed by atoms with Crippen LogP contribution in [0.5, 0.6) is 5.75 Å². The molecule has 0 amide bonds. The molecule has 0 spiro atoms. The maximum atomic E-state index is 10.3. The summed E-state index contributed by atoms with van der Waals surface area (Å²) in [7, 11) is 0. The van der Waals surface area contributed by atoms with E-state index in [1.807, 2.05) is 73.8 Å². The van der Waals surface area contributed by atoms with Crippen molar-refractivity contribution in [1.29, 1.82) is 0 Å². The number of phenols is 1. The van der Waals surface area contributed by atoms with Crippen LogP contribution in [0.2, 0.25) is 0 Å². The minimum atomic E-state index is 0.109. The normalized spacial score (nSPS) is 11.9. The number of benzene rings is 3. The predicted molar refractivity (Wildman–Crippen MR) is 132 cm³/mol. The fraction of sp³-hybridized carbons (Fsp3) is 0.0417. The van der Waals surface area contributed by atoms with E-state index >= 15 is 0 Å². The van der Waals surface area contributed by atoms with Crippen LogP contribution in [0.3, 0.4) is 0 Å². The second-order valence-electron chi connectivity index (χ2n) is 6.77. The van der Waals surface area contributed by atoms with Gasteiger partial charge in [0.1, 0.15) is 5.75 Å². The molecule has 0 unspecified atom stereocenters. The monoisotopic (exact) mass is 536 g/mol. The number of hydrogen-bond acceptors (Lipinski definition) is 4. The molecule has 31 heavy (non-hydrogen) atoms. The van der Waals surface area contributed by atoms with Gasteiger partial charge in [0.15, 0.2) is 0 Å². The molecule has 3 aromatic carbocycles. The Hall–Kier alpha value is -3.03. The maximum absolute atomic E-state index is 10.3. The van der Waals surface area contributed by atoms with E-state index in [1.165, 1.54) is 0 Å². The molecule has 0 saturated heterocycles. The van der Waals surface area contributed by atoms with Crippen molar-refractivity contribution in [2.24, 2.45) is 10.1 Å². The minimum absolute atomic E-state index is 0.109. The van der Waals surface area contributed by atoms with E-state index in [-0.39, 0.29) is 5.75 Å². The second kappa shape index (κ2) is 9.41. The third-order valence-electron chi connectivity index (χ3n) is 4.57. The lowest BCUT2D eigenvalue weighted by Gasteiger charge is -2.04. The van der Waals surface area contributed by atoms with Gasteiger partial charge in [0.05, 0.1) is 22.1 Å². The fourth-order valence-corrected chi connectivity index (χ4v) is 4.24. The average Bonchev–Trinajstić information content (AvgIpc) is 3.19. The highest BCUT2D eigenvalue weighted by Crippen LogP contribution is 2.31. The molecule has 4 rings (SSSR count). The molecule has 1 heterocycles. The summed E-state index contributed by atoms with van der Waals surface area (Å²) in [6.07, 6.45) is 3.43. The number of aromatic hydroxyl groups is 1. The summed E-state index contributed by atoms with van der Waals surface area (Å²) < 4.78 is 3.06. The zero-order valence-electron chi connectivity index (χ0n) is 16.6. The smallest absolute Gasteiger partial charge is 0.251 e. The van der Waals surface area contributed by atoms with E-state index in [4.69, 9.17) is 5.10 Å². The van der Waals surface area contributed by atoms with Gasteiger partial charge >= 0.3 is 0 Å². The molecule has 0 aliphatic carbocycles. The first-order valence-corrected chi connectivity index (χ1v) is 11.1. The molecule has 7 heteroatoms. The van der Waals surface area contributed by atoms with Gasteiger partial charge in [-0.05, 0) is 40.5 Å². The molecule has 0 saturated carbocycles. The molecule has 0 radical (unpaired) electrons. The molecule has 1 aromatic heterocycles. The van der Waals surface area contributed by atoms with Crippen LogP contribution in [0.15, 0.2) is 98.0 Å². The second-order valence-corrected chi connectivity index (χ2v) is 8.54. The number of rotatable bonds is 5. The van der Waals surface area contributed by atoms with E-state index in [0.717, 1.165) is 27.0 Å². The number of phenolic OH excluding ortho intramolecular Hbond substituents is 1. The van der Waals surface area contributed by atoms with Crippen LogP contribution in [0.25, 0.3) is 11.3 Å². The highest BCUT2D eigenvalue weighted by atomic mass is 79.9. The third kappa shape index (κ3) is 5.00. The lowest BCUT2D eigenvalue weighted by molar-refractivity contribution is 0.471. The van der Waals surface area contributed by atoms with Crippen molar-refractivity contribution in [2.45, 2.75) is 6.92 Å². The summed E-state index contributed by atoms with van der Waals surface area (Å²) in [5, 5.41) is 15.1. The summed E-state index contributed by atoms with van der Waals surface area (Å²) in [5.41, 5.74) is 4.14. The Labute approximate surface area is 197 Å². The molecule has 0 aliphatic heterocycles. The number of aliphatic imine (C=N–C) groups is 1. The third-order valence-corrected chi connectivity index (χ3v) is 5.63. The highest BCUT2D eigenvalue weighted by molar-refractivity contribution is 9.11. The van der Waals surface area contributed by atoms with Gasteiger partial charge in [-0.2, -0.15) is 5.10 Å². The average molecular weight is 538 g/mol. The quantitative estimate of drug-likeness (QED) is 0.284. The Balaban J connectivity index is 1.78. The van der Waals surface area contributed by atoms with Crippen molar-refractivity contribution in [3.05, 3.63) is 99.1 Å². The Morgan fingerprint density at radius 2 is 1.68 bits per heavy atom. The lowest BCUT2D eigenvalue weighted by atomic mass is 10.1. The van der Waals surface area contributed by atoms with Gasteiger partial charge in [0.2, 0.25) is 0 Å². The van der Waals surface area contributed by atoms with Crippen molar-refractivity contribution in [3.8, 4) is 17.0 Å². The Bertz CT molecular complexity index is 1270. The molecule has 0 aliphatic rings. The van der Waals surface area contributed by atoms with Gasteiger partial charge in [-0.3, -0.25) is 0 Å². The molecule has 0 atom stereocenters. The summed E-state index contributed by atoms with van der Waals surface area (Å²) in [6.45, 7) is 1.95. The van der Waals surface area contributed by atoms with Crippen LogP contribution >= 0.6 is 31.9 Å². The zero-order valence-corrected chi connectivity index (χ0v) is 19.7. The number of hydrogen-bond donors (Lipinski definition) is 1. The summed E-state index contributed by atoms with van der Waals surface area (Å²) in [5.74, 6) is 0.516. The van der Waals surface area contributed by atoms with Gasteiger partial charge < -0.3 is 5.11 Å². The van der Waals surface area contributed by atoms with Gasteiger partial charge in [0.25, 0.3) is 5.95 Å². The van der Waals surface area contributed by atoms with E-state index in [0.29, 0.717) is 16.0 Å². The van der Waals surface area contributed by atoms with Crippen LogP contribution in [-0.2, 0) is 0 Å². The molecule has 5 nitrogen and oxygen atoms in total. The molecule has 4 aromatic rings. The van der Waals surface area contributed by atoms with Crippen LogP contribution in [0, 0.1) is 0 Å². The number of imidazole rings is 1. The molecular formula is C24H18Br2N4O. The Kier molecular flexibility index (Phi) is 6.44. The van der Waals surface area contributed by atoms with Gasteiger partial charge in [-0.1, -0.05) is 76.6 Å². The maximum Gasteiger partial charge on any atom is 0.251 e. The van der Waals surface area contributed by atoms with Crippen LogP contribution in [0.1, 0.15) is 18.1 Å². The van der Waals surface area contributed by atoms with E-state index in [1.54, 1.807) is 23.0 Å². The van der Waals surface area contributed by atoms with Crippen molar-refractivity contribution in [2.75, 3.05) is 0 Å². The van der Waals surface area contributed by atoms with Crippen LogP contribution in [-0.4, -0.2) is 26.7 Å². The lowest BCUT2D eigenvalue weighted by Crippen LogP contribution is -1.98. The minimum Gasteiger partial charge on any atom is -0.506 e. The Morgan fingerprint density at radius 1 is 1.00 bits per heavy atom. The number of aromatic nitrogens is 2. The zero-order chi connectivity index (χ0) is 21.8. The van der Waals surface area contributed by atoms with Crippen LogP contribution < -0.4 is 0 Å². The van der Waals surface area contributed by atoms with Crippen molar-refractivity contribution >= 4 is 49.7 Å². The molecular weight excluding hydrogens is 520 g/mol. The molecule has 0 fully saturated rings. The molecule has 0 bridgehead atoms. The first kappa shape index (κ1) is 21.2. The first-order chi connectivity index (χ1) is 15.0. The van der Waals surface area contributed by atoms with Gasteiger partial charge in [-0.25, -0.2) is 14.7 Å². The van der Waals surface area contributed by atoms with Gasteiger partial charge in [-0.15, -0.1) is 0 Å². The van der Waals surface area contributed by atoms with E-state index < -0.39 is 0 Å². The largest absolute Gasteiger partial charge is 0.506 e. The predicted octanol–water partition coefficient (Wildman–Crippen LogP) is 6.80. The van der Waals surface area contributed by atoms with Crippen molar-refractivity contribution in [1.82, 2.24) is 9.66 Å². The summed E-state index contributed by atoms with van der Waals surface area (Å²) >= 11 is 6.78. The van der Waals surface area contributed by atoms with E-state index in [9.17, 15) is 5.11 Å².